The van der Waals surface area contributed by atoms with Gasteiger partial charge in [0.2, 0.25) is 5.91 Å². The molecule has 1 saturated heterocycles. The summed E-state index contributed by atoms with van der Waals surface area (Å²) in [6, 6.07) is 8.52. The van der Waals surface area contributed by atoms with Gasteiger partial charge in [0.1, 0.15) is 0 Å². The Morgan fingerprint density at radius 1 is 1.17 bits per heavy atom. The lowest BCUT2D eigenvalue weighted by Crippen LogP contribution is -2.53. The minimum absolute atomic E-state index is 0. The molecule has 0 radical (unpaired) electrons. The lowest BCUT2D eigenvalue weighted by molar-refractivity contribution is -0.117. The fourth-order valence-corrected chi connectivity index (χ4v) is 3.97. The predicted octanol–water partition coefficient (Wildman–Crippen LogP) is 1.72. The molecule has 162 valence electrons. The van der Waals surface area contributed by atoms with Crippen LogP contribution in [0.25, 0.3) is 0 Å². The van der Waals surface area contributed by atoms with E-state index in [4.69, 9.17) is 4.74 Å². The molecular formula is C21H34IN5O2. The number of nitrogens with zero attached hydrogens (tertiary/aromatic N) is 3. The molecule has 2 aliphatic heterocycles. The van der Waals surface area contributed by atoms with Crippen molar-refractivity contribution in [2.45, 2.75) is 26.3 Å². The first-order valence-electron chi connectivity index (χ1n) is 10.2. The number of anilines is 1. The average molecular weight is 515 g/mol. The van der Waals surface area contributed by atoms with Crippen LogP contribution in [0.5, 0.6) is 0 Å². The van der Waals surface area contributed by atoms with Crippen LogP contribution in [0.2, 0.25) is 0 Å². The molecule has 1 atom stereocenters. The number of guanidine groups is 1. The highest BCUT2D eigenvalue weighted by atomic mass is 127. The monoisotopic (exact) mass is 515 g/mol. The molecule has 1 amide bonds. The first-order chi connectivity index (χ1) is 13.6. The molecule has 8 heteroatoms. The van der Waals surface area contributed by atoms with Crippen molar-refractivity contribution in [2.24, 2.45) is 10.9 Å². The number of fused-ring (bicyclic) bond motifs is 1. The molecule has 0 aromatic heterocycles. The average Bonchev–Trinajstić information content (AvgIpc) is 3.15. The molecule has 0 aliphatic carbocycles. The standard InChI is InChI=1S/C21H33N5O2.HI/c1-16(2)19(25-10-12-28-13-11-25)14-23-21(22-3)24-15-20(27)26-9-8-17-6-4-5-7-18(17)26;/h4-7,16,19H,8-15H2,1-3H3,(H2,22,23,24);1H. The summed E-state index contributed by atoms with van der Waals surface area (Å²) in [5.41, 5.74) is 2.27. The third kappa shape index (κ3) is 6.29. The quantitative estimate of drug-likeness (QED) is 0.343. The van der Waals surface area contributed by atoms with Crippen LogP contribution in [0.3, 0.4) is 0 Å². The molecule has 1 fully saturated rings. The van der Waals surface area contributed by atoms with Crippen molar-refractivity contribution >= 4 is 41.5 Å². The van der Waals surface area contributed by atoms with E-state index in [2.05, 4.69) is 40.4 Å². The first kappa shape index (κ1) is 23.9. The highest BCUT2D eigenvalue weighted by molar-refractivity contribution is 14.0. The van der Waals surface area contributed by atoms with Crippen molar-refractivity contribution in [2.75, 3.05) is 57.9 Å². The lowest BCUT2D eigenvalue weighted by atomic mass is 10.0. The van der Waals surface area contributed by atoms with Crippen LogP contribution in [0.15, 0.2) is 29.3 Å². The maximum absolute atomic E-state index is 12.7. The largest absolute Gasteiger partial charge is 0.379 e. The Kier molecular flexibility index (Phi) is 9.64. The summed E-state index contributed by atoms with van der Waals surface area (Å²) in [5, 5.41) is 6.58. The minimum atomic E-state index is 0. The number of ether oxygens (including phenoxy) is 1. The molecule has 1 aromatic rings. The summed E-state index contributed by atoms with van der Waals surface area (Å²) in [6.45, 7) is 9.77. The Morgan fingerprint density at radius 3 is 2.59 bits per heavy atom. The van der Waals surface area contributed by atoms with Gasteiger partial charge in [0.05, 0.1) is 19.8 Å². The molecule has 0 spiro atoms. The molecule has 0 bridgehead atoms. The van der Waals surface area contributed by atoms with E-state index >= 15 is 0 Å². The first-order valence-corrected chi connectivity index (χ1v) is 10.2. The van der Waals surface area contributed by atoms with Gasteiger partial charge in [-0.05, 0) is 24.0 Å². The van der Waals surface area contributed by atoms with E-state index in [1.165, 1.54) is 5.56 Å². The second-order valence-corrected chi connectivity index (χ2v) is 7.69. The van der Waals surface area contributed by atoms with Crippen molar-refractivity contribution in [3.8, 4) is 0 Å². The molecule has 29 heavy (non-hydrogen) atoms. The number of rotatable bonds is 6. The Balaban J connectivity index is 0.00000300. The van der Waals surface area contributed by atoms with E-state index < -0.39 is 0 Å². The van der Waals surface area contributed by atoms with Gasteiger partial charge < -0.3 is 20.3 Å². The number of nitrogens with one attached hydrogen (secondary N) is 2. The smallest absolute Gasteiger partial charge is 0.246 e. The summed E-state index contributed by atoms with van der Waals surface area (Å²) >= 11 is 0. The van der Waals surface area contributed by atoms with Gasteiger partial charge in [0.25, 0.3) is 0 Å². The molecule has 7 nitrogen and oxygen atoms in total. The number of morpholine rings is 1. The molecule has 0 saturated carbocycles. The number of halogens is 1. The second-order valence-electron chi connectivity index (χ2n) is 7.69. The number of para-hydroxylation sites is 1. The molecular weight excluding hydrogens is 481 g/mol. The van der Waals surface area contributed by atoms with Crippen molar-refractivity contribution in [1.29, 1.82) is 0 Å². The van der Waals surface area contributed by atoms with Gasteiger partial charge in [-0.3, -0.25) is 14.7 Å². The summed E-state index contributed by atoms with van der Waals surface area (Å²) in [7, 11) is 1.74. The zero-order valence-corrected chi connectivity index (χ0v) is 20.0. The van der Waals surface area contributed by atoms with E-state index in [1.54, 1.807) is 7.05 Å². The highest BCUT2D eigenvalue weighted by Crippen LogP contribution is 2.27. The van der Waals surface area contributed by atoms with Gasteiger partial charge >= 0.3 is 0 Å². The maximum atomic E-state index is 12.7. The van der Waals surface area contributed by atoms with Gasteiger partial charge in [-0.15, -0.1) is 24.0 Å². The minimum Gasteiger partial charge on any atom is -0.379 e. The fraction of sp³-hybridized carbons (Fsp3) is 0.619. The van der Waals surface area contributed by atoms with Gasteiger partial charge in [0, 0.05) is 45.0 Å². The number of carbonyl (C=O) groups excluding carboxylic acids is 1. The van der Waals surface area contributed by atoms with E-state index in [-0.39, 0.29) is 36.4 Å². The third-order valence-electron chi connectivity index (χ3n) is 5.58. The summed E-state index contributed by atoms with van der Waals surface area (Å²) in [5.74, 6) is 1.26. The van der Waals surface area contributed by atoms with Crippen LogP contribution in [0.1, 0.15) is 19.4 Å². The van der Waals surface area contributed by atoms with Gasteiger partial charge in [0.15, 0.2) is 5.96 Å². The number of benzene rings is 1. The van der Waals surface area contributed by atoms with Crippen LogP contribution in [0.4, 0.5) is 5.69 Å². The molecule has 1 aromatic carbocycles. The van der Waals surface area contributed by atoms with Crippen molar-refractivity contribution in [1.82, 2.24) is 15.5 Å². The summed E-state index contributed by atoms with van der Waals surface area (Å²) in [4.78, 5) is 21.3. The predicted molar refractivity (Wildman–Crippen MR) is 128 cm³/mol. The van der Waals surface area contributed by atoms with E-state index in [0.29, 0.717) is 17.9 Å². The van der Waals surface area contributed by atoms with Crippen molar-refractivity contribution < 1.29 is 9.53 Å². The zero-order chi connectivity index (χ0) is 19.9. The normalized spacial score (nSPS) is 18.2. The highest BCUT2D eigenvalue weighted by Gasteiger charge is 2.25. The number of hydrogen-bond donors (Lipinski definition) is 2. The van der Waals surface area contributed by atoms with Gasteiger partial charge in [-0.2, -0.15) is 0 Å². The number of hydrogen-bond acceptors (Lipinski definition) is 4. The molecule has 3 rings (SSSR count). The van der Waals surface area contributed by atoms with E-state index in [9.17, 15) is 4.79 Å². The third-order valence-corrected chi connectivity index (χ3v) is 5.58. The summed E-state index contributed by atoms with van der Waals surface area (Å²) < 4.78 is 5.47. The van der Waals surface area contributed by atoms with Crippen LogP contribution < -0.4 is 15.5 Å². The number of amides is 1. The summed E-state index contributed by atoms with van der Waals surface area (Å²) in [6.07, 6.45) is 0.921. The Hall–Kier alpha value is -1.39. The fourth-order valence-electron chi connectivity index (χ4n) is 3.97. The topological polar surface area (TPSA) is 69.2 Å². The van der Waals surface area contributed by atoms with Crippen LogP contribution in [-0.2, 0) is 16.0 Å². The Morgan fingerprint density at radius 2 is 1.90 bits per heavy atom. The SMILES string of the molecule is CN=C(NCC(=O)N1CCc2ccccc21)NCC(C(C)C)N1CCOCC1.I. The van der Waals surface area contributed by atoms with Gasteiger partial charge in [-0.1, -0.05) is 32.0 Å². The molecule has 2 heterocycles. The lowest BCUT2D eigenvalue weighted by Gasteiger charge is -2.37. The van der Waals surface area contributed by atoms with Crippen LogP contribution in [-0.4, -0.2) is 75.8 Å². The number of aliphatic imine (C=N–C) groups is 1. The Bertz CT molecular complexity index is 691. The van der Waals surface area contributed by atoms with Gasteiger partial charge in [-0.25, -0.2) is 0 Å². The molecule has 1 unspecified atom stereocenters. The van der Waals surface area contributed by atoms with E-state index in [1.807, 2.05) is 23.1 Å². The van der Waals surface area contributed by atoms with Crippen molar-refractivity contribution in [3.05, 3.63) is 29.8 Å². The van der Waals surface area contributed by atoms with E-state index in [0.717, 1.165) is 51.5 Å². The maximum Gasteiger partial charge on any atom is 0.246 e. The Labute approximate surface area is 191 Å². The zero-order valence-electron chi connectivity index (χ0n) is 17.7. The van der Waals surface area contributed by atoms with Crippen LogP contribution in [0, 0.1) is 5.92 Å². The van der Waals surface area contributed by atoms with Crippen molar-refractivity contribution in [3.63, 3.8) is 0 Å². The number of carbonyl (C=O) groups is 1. The molecule has 2 N–H and O–H groups in total. The second kappa shape index (κ2) is 11.7. The van der Waals surface area contributed by atoms with Crippen LogP contribution >= 0.6 is 24.0 Å². The molecule has 2 aliphatic rings.